The summed E-state index contributed by atoms with van der Waals surface area (Å²) in [4.78, 5) is 26.9. The topological polar surface area (TPSA) is 87.2 Å². The van der Waals surface area contributed by atoms with Crippen molar-refractivity contribution in [1.82, 2.24) is 15.5 Å². The molecule has 2 amide bonds. The number of hydrogen-bond acceptors (Lipinski definition) is 5. The maximum atomic E-state index is 12.6. The smallest absolute Gasteiger partial charge is 0.251 e. The molecule has 0 spiro atoms. The molecule has 1 saturated carbocycles. The van der Waals surface area contributed by atoms with Gasteiger partial charge in [0.1, 0.15) is 0 Å². The molecular formula is C20H22ClN5O2. The molecule has 1 aliphatic heterocycles. The fourth-order valence-corrected chi connectivity index (χ4v) is 3.43. The van der Waals surface area contributed by atoms with Gasteiger partial charge in [0.15, 0.2) is 11.0 Å². The van der Waals surface area contributed by atoms with E-state index in [-0.39, 0.29) is 17.7 Å². The summed E-state index contributed by atoms with van der Waals surface area (Å²) < 4.78 is 0. The average Bonchev–Trinajstić information content (AvgIpc) is 3.53. The van der Waals surface area contributed by atoms with E-state index < -0.39 is 0 Å². The van der Waals surface area contributed by atoms with Crippen molar-refractivity contribution in [1.29, 1.82) is 0 Å². The van der Waals surface area contributed by atoms with Crippen LogP contribution < -0.4 is 15.5 Å². The fourth-order valence-electron chi connectivity index (χ4n) is 3.33. The molecule has 8 heteroatoms. The largest absolute Gasteiger partial charge is 0.355 e. The second kappa shape index (κ2) is 8.14. The lowest BCUT2D eigenvalue weighted by Crippen LogP contribution is -2.38. The van der Waals surface area contributed by atoms with E-state index in [1.807, 2.05) is 12.1 Å². The third-order valence-electron chi connectivity index (χ3n) is 5.11. The molecule has 0 radical (unpaired) electrons. The minimum Gasteiger partial charge on any atom is -0.355 e. The van der Waals surface area contributed by atoms with Crippen LogP contribution in [0.1, 0.15) is 36.0 Å². The monoisotopic (exact) mass is 399 g/mol. The first kappa shape index (κ1) is 18.7. The number of nitrogens with one attached hydrogen (secondary N) is 2. The van der Waals surface area contributed by atoms with Crippen LogP contribution in [0.3, 0.4) is 0 Å². The quantitative estimate of drug-likeness (QED) is 0.807. The molecule has 2 heterocycles. The van der Waals surface area contributed by atoms with Gasteiger partial charge in [-0.1, -0.05) is 17.7 Å². The zero-order valence-electron chi connectivity index (χ0n) is 15.4. The van der Waals surface area contributed by atoms with E-state index >= 15 is 0 Å². The van der Waals surface area contributed by atoms with Crippen LogP contribution in [0.25, 0.3) is 0 Å². The molecule has 0 unspecified atom stereocenters. The van der Waals surface area contributed by atoms with Crippen molar-refractivity contribution in [2.45, 2.75) is 31.7 Å². The number of carbonyl (C=O) groups is 2. The zero-order valence-corrected chi connectivity index (χ0v) is 16.2. The lowest BCUT2D eigenvalue weighted by molar-refractivity contribution is -0.120. The van der Waals surface area contributed by atoms with E-state index in [1.54, 1.807) is 24.3 Å². The van der Waals surface area contributed by atoms with Gasteiger partial charge < -0.3 is 15.5 Å². The van der Waals surface area contributed by atoms with Crippen molar-refractivity contribution >= 4 is 34.9 Å². The van der Waals surface area contributed by atoms with Crippen LogP contribution in [-0.2, 0) is 4.79 Å². The lowest BCUT2D eigenvalue weighted by Gasteiger charge is -2.31. The average molecular weight is 400 g/mol. The summed E-state index contributed by atoms with van der Waals surface area (Å²) in [5.74, 6) is 0.607. The normalized spacial score (nSPS) is 17.2. The molecule has 2 aromatic rings. The van der Waals surface area contributed by atoms with E-state index in [0.29, 0.717) is 22.4 Å². The van der Waals surface area contributed by atoms with E-state index in [1.165, 1.54) is 0 Å². The number of amides is 2. The predicted octanol–water partition coefficient (Wildman–Crippen LogP) is 2.88. The van der Waals surface area contributed by atoms with E-state index in [4.69, 9.17) is 11.6 Å². The summed E-state index contributed by atoms with van der Waals surface area (Å²) in [7, 11) is 0. The molecule has 0 atom stereocenters. The summed E-state index contributed by atoms with van der Waals surface area (Å²) >= 11 is 5.78. The van der Waals surface area contributed by atoms with Gasteiger partial charge >= 0.3 is 0 Å². The Hall–Kier alpha value is -2.67. The molecule has 1 aromatic carbocycles. The molecule has 1 aliphatic carbocycles. The highest BCUT2D eigenvalue weighted by Crippen LogP contribution is 2.24. The number of aromatic nitrogens is 2. The first-order chi connectivity index (χ1) is 13.6. The van der Waals surface area contributed by atoms with Gasteiger partial charge in [0.25, 0.3) is 5.91 Å². The summed E-state index contributed by atoms with van der Waals surface area (Å²) in [6, 6.07) is 11.0. The SMILES string of the molecule is O=C(NC1CC1)c1cccc(NC(=O)C2CCN(c3ccc(Cl)nn3)CC2)c1. The van der Waals surface area contributed by atoms with Crippen LogP contribution in [0.4, 0.5) is 11.5 Å². The Labute approximate surface area is 168 Å². The van der Waals surface area contributed by atoms with Gasteiger partial charge in [0.05, 0.1) is 0 Å². The second-order valence-electron chi connectivity index (χ2n) is 7.29. The van der Waals surface area contributed by atoms with Crippen molar-refractivity contribution in [3.05, 3.63) is 47.1 Å². The molecule has 0 bridgehead atoms. The zero-order chi connectivity index (χ0) is 19.5. The van der Waals surface area contributed by atoms with Crippen molar-refractivity contribution < 1.29 is 9.59 Å². The molecule has 1 saturated heterocycles. The van der Waals surface area contributed by atoms with Gasteiger partial charge in [-0.05, 0) is 56.0 Å². The molecule has 2 fully saturated rings. The molecule has 28 heavy (non-hydrogen) atoms. The molecule has 2 N–H and O–H groups in total. The van der Waals surface area contributed by atoms with Gasteiger partial charge in [-0.25, -0.2) is 0 Å². The summed E-state index contributed by atoms with van der Waals surface area (Å²) in [5, 5.41) is 14.2. The highest BCUT2D eigenvalue weighted by molar-refractivity contribution is 6.29. The number of anilines is 2. The Morgan fingerprint density at radius 3 is 2.50 bits per heavy atom. The van der Waals surface area contributed by atoms with Crippen LogP contribution in [0, 0.1) is 5.92 Å². The summed E-state index contributed by atoms with van der Waals surface area (Å²) in [6.45, 7) is 1.47. The molecule has 7 nitrogen and oxygen atoms in total. The van der Waals surface area contributed by atoms with Gasteiger partial charge in [0, 0.05) is 36.3 Å². The van der Waals surface area contributed by atoms with Gasteiger partial charge in [0.2, 0.25) is 5.91 Å². The highest BCUT2D eigenvalue weighted by Gasteiger charge is 2.26. The van der Waals surface area contributed by atoms with Crippen molar-refractivity contribution in [3.8, 4) is 0 Å². The first-order valence-electron chi connectivity index (χ1n) is 9.54. The first-order valence-corrected chi connectivity index (χ1v) is 9.92. The van der Waals surface area contributed by atoms with Crippen LogP contribution in [0.5, 0.6) is 0 Å². The number of piperidine rings is 1. The summed E-state index contributed by atoms with van der Waals surface area (Å²) in [5.41, 5.74) is 1.22. The number of halogens is 1. The highest BCUT2D eigenvalue weighted by atomic mass is 35.5. The second-order valence-corrected chi connectivity index (χ2v) is 7.68. The molecule has 1 aromatic heterocycles. The Morgan fingerprint density at radius 2 is 1.82 bits per heavy atom. The number of hydrogen-bond donors (Lipinski definition) is 2. The van der Waals surface area contributed by atoms with E-state index in [9.17, 15) is 9.59 Å². The lowest BCUT2D eigenvalue weighted by atomic mass is 9.95. The Kier molecular flexibility index (Phi) is 5.43. The maximum Gasteiger partial charge on any atom is 0.251 e. The van der Waals surface area contributed by atoms with Gasteiger partial charge in [-0.2, -0.15) is 0 Å². The maximum absolute atomic E-state index is 12.6. The predicted molar refractivity (Wildman–Crippen MR) is 108 cm³/mol. The minimum atomic E-state index is -0.0871. The fraction of sp³-hybridized carbons (Fsp3) is 0.400. The number of rotatable bonds is 5. The van der Waals surface area contributed by atoms with Gasteiger partial charge in [-0.15, -0.1) is 10.2 Å². The third kappa shape index (κ3) is 4.59. The standard InChI is InChI=1S/C20H22ClN5O2/c21-17-6-7-18(25-24-17)26-10-8-13(9-11-26)19(27)23-16-3-1-2-14(12-16)20(28)22-15-4-5-15/h1-3,6-7,12-13,15H,4-5,8-11H2,(H,22,28)(H,23,27). The Balaban J connectivity index is 1.32. The van der Waals surface area contributed by atoms with Crippen molar-refractivity contribution in [2.75, 3.05) is 23.3 Å². The van der Waals surface area contributed by atoms with Crippen LogP contribution >= 0.6 is 11.6 Å². The Bertz CT molecular complexity index is 861. The molecule has 2 aliphatic rings. The third-order valence-corrected chi connectivity index (χ3v) is 5.31. The molecule has 4 rings (SSSR count). The number of carbonyl (C=O) groups excluding carboxylic acids is 2. The van der Waals surface area contributed by atoms with Crippen molar-refractivity contribution in [2.24, 2.45) is 5.92 Å². The minimum absolute atomic E-state index is 0.0124. The van der Waals surface area contributed by atoms with Crippen LogP contribution in [0.2, 0.25) is 5.15 Å². The molecular weight excluding hydrogens is 378 g/mol. The summed E-state index contributed by atoms with van der Waals surface area (Å²) in [6.07, 6.45) is 3.56. The number of nitrogens with zero attached hydrogens (tertiary/aromatic N) is 3. The Morgan fingerprint density at radius 1 is 1.04 bits per heavy atom. The molecule has 146 valence electrons. The van der Waals surface area contributed by atoms with E-state index in [0.717, 1.165) is 44.6 Å². The van der Waals surface area contributed by atoms with Crippen molar-refractivity contribution in [3.63, 3.8) is 0 Å². The van der Waals surface area contributed by atoms with Gasteiger partial charge in [-0.3, -0.25) is 9.59 Å². The number of benzene rings is 1. The van der Waals surface area contributed by atoms with E-state index in [2.05, 4.69) is 25.7 Å². The van der Waals surface area contributed by atoms with Crippen LogP contribution in [0.15, 0.2) is 36.4 Å². The van der Waals surface area contributed by atoms with Crippen LogP contribution in [-0.4, -0.2) is 41.1 Å².